The fraction of sp³-hybridized carbons (Fsp3) is 0.238. The van der Waals surface area contributed by atoms with E-state index in [0.717, 1.165) is 33.8 Å². The molecule has 0 spiro atoms. The number of hydrogen-bond donors (Lipinski definition) is 1. The largest absolute Gasteiger partial charge is 0.493 e. The Morgan fingerprint density at radius 1 is 1.00 bits per heavy atom. The van der Waals surface area contributed by atoms with Crippen molar-refractivity contribution in [2.45, 2.75) is 19.9 Å². The predicted octanol–water partition coefficient (Wildman–Crippen LogP) is 4.39. The molecule has 1 N–H and O–H groups in total. The molecule has 0 atom stereocenters. The smallest absolute Gasteiger partial charge is 0.181 e. The highest BCUT2D eigenvalue weighted by atomic mass is 16.5. The van der Waals surface area contributed by atoms with Gasteiger partial charge in [-0.15, -0.1) is 0 Å². The molecule has 0 saturated heterocycles. The van der Waals surface area contributed by atoms with Crippen LogP contribution < -0.4 is 14.8 Å². The molecule has 0 radical (unpaired) electrons. The Kier molecular flexibility index (Phi) is 4.32. The predicted molar refractivity (Wildman–Crippen MR) is 108 cm³/mol. The number of anilines is 1. The lowest BCUT2D eigenvalue weighted by Crippen LogP contribution is -2.12. The fourth-order valence-electron chi connectivity index (χ4n) is 3.25. The lowest BCUT2D eigenvalue weighted by Gasteiger charge is -2.14. The summed E-state index contributed by atoms with van der Waals surface area (Å²) in [6.07, 6.45) is 1.87. The molecule has 0 aliphatic heterocycles. The van der Waals surface area contributed by atoms with Gasteiger partial charge in [0.15, 0.2) is 23.0 Å². The van der Waals surface area contributed by atoms with E-state index in [2.05, 4.69) is 34.6 Å². The van der Waals surface area contributed by atoms with Crippen molar-refractivity contribution in [2.24, 2.45) is 0 Å². The molecule has 0 unspecified atom stereocenters. The van der Waals surface area contributed by atoms with E-state index in [0.29, 0.717) is 11.5 Å². The first-order chi connectivity index (χ1) is 13.1. The van der Waals surface area contributed by atoms with Crippen molar-refractivity contribution in [2.75, 3.05) is 19.5 Å². The first kappa shape index (κ1) is 17.1. The Labute approximate surface area is 157 Å². The minimum atomic E-state index is 0.253. The number of fused-ring (bicyclic) bond motifs is 3. The average molecular weight is 362 g/mol. The fourth-order valence-corrected chi connectivity index (χ4v) is 3.25. The molecule has 6 heteroatoms. The van der Waals surface area contributed by atoms with Gasteiger partial charge in [-0.2, -0.15) is 0 Å². The van der Waals surface area contributed by atoms with E-state index in [4.69, 9.17) is 14.5 Å². The van der Waals surface area contributed by atoms with Gasteiger partial charge in [-0.3, -0.25) is 4.40 Å². The summed E-state index contributed by atoms with van der Waals surface area (Å²) in [5, 5.41) is 3.41. The molecule has 0 saturated carbocycles. The van der Waals surface area contributed by atoms with Crippen LogP contribution in [0.25, 0.3) is 27.9 Å². The Bertz CT molecular complexity index is 1120. The highest BCUT2D eigenvalue weighted by Crippen LogP contribution is 2.34. The summed E-state index contributed by atoms with van der Waals surface area (Å²) in [5.41, 5.74) is 4.67. The molecule has 0 fully saturated rings. The van der Waals surface area contributed by atoms with Crippen LogP contribution in [-0.4, -0.2) is 34.6 Å². The summed E-state index contributed by atoms with van der Waals surface area (Å²) < 4.78 is 13.0. The third-order valence-corrected chi connectivity index (χ3v) is 4.43. The topological polar surface area (TPSA) is 60.7 Å². The second-order valence-electron chi connectivity index (χ2n) is 6.62. The van der Waals surface area contributed by atoms with Crippen LogP contribution in [0.5, 0.6) is 11.5 Å². The summed E-state index contributed by atoms with van der Waals surface area (Å²) in [4.78, 5) is 9.43. The molecule has 0 aliphatic carbocycles. The first-order valence-corrected chi connectivity index (χ1v) is 8.87. The van der Waals surface area contributed by atoms with E-state index < -0.39 is 0 Å². The van der Waals surface area contributed by atoms with E-state index in [1.807, 2.05) is 42.6 Å². The standard InChI is InChI=1S/C21H22N4O2/c1-13(2)23-20-21-22-12-17(14-9-10-18(26-3)19(11-14)27-4)25(21)16-8-6-5-7-15(16)24-20/h5-13H,1-4H3,(H,23,24). The zero-order valence-corrected chi connectivity index (χ0v) is 15.9. The van der Waals surface area contributed by atoms with Crippen molar-refractivity contribution >= 4 is 22.5 Å². The number of aromatic nitrogens is 3. The normalized spacial score (nSPS) is 11.3. The van der Waals surface area contributed by atoms with Crippen LogP contribution in [-0.2, 0) is 0 Å². The number of para-hydroxylation sites is 2. The van der Waals surface area contributed by atoms with Crippen LogP contribution in [0, 0.1) is 0 Å². The number of benzene rings is 2. The number of rotatable bonds is 5. The first-order valence-electron chi connectivity index (χ1n) is 8.87. The molecule has 27 heavy (non-hydrogen) atoms. The molecule has 2 aromatic carbocycles. The van der Waals surface area contributed by atoms with Gasteiger partial charge in [0.05, 0.1) is 37.1 Å². The third kappa shape index (κ3) is 2.93. The summed E-state index contributed by atoms with van der Waals surface area (Å²) in [7, 11) is 3.27. The van der Waals surface area contributed by atoms with E-state index in [1.54, 1.807) is 14.2 Å². The molecule has 4 rings (SSSR count). The number of methoxy groups -OCH3 is 2. The van der Waals surface area contributed by atoms with Crippen LogP contribution in [0.2, 0.25) is 0 Å². The third-order valence-electron chi connectivity index (χ3n) is 4.43. The Morgan fingerprint density at radius 2 is 1.78 bits per heavy atom. The van der Waals surface area contributed by atoms with E-state index in [-0.39, 0.29) is 6.04 Å². The summed E-state index contributed by atoms with van der Waals surface area (Å²) >= 11 is 0. The van der Waals surface area contributed by atoms with Crippen molar-refractivity contribution in [1.82, 2.24) is 14.4 Å². The summed E-state index contributed by atoms with van der Waals surface area (Å²) in [5.74, 6) is 2.16. The molecule has 138 valence electrons. The van der Waals surface area contributed by atoms with Gasteiger partial charge >= 0.3 is 0 Å². The van der Waals surface area contributed by atoms with Gasteiger partial charge in [0.2, 0.25) is 0 Å². The number of nitrogens with one attached hydrogen (secondary N) is 1. The zero-order chi connectivity index (χ0) is 19.0. The van der Waals surface area contributed by atoms with Crippen molar-refractivity contribution < 1.29 is 9.47 Å². The van der Waals surface area contributed by atoms with Gasteiger partial charge < -0.3 is 14.8 Å². The highest BCUT2D eigenvalue weighted by molar-refractivity contribution is 5.86. The minimum absolute atomic E-state index is 0.253. The van der Waals surface area contributed by atoms with Gasteiger partial charge in [-0.05, 0) is 44.2 Å². The molecular weight excluding hydrogens is 340 g/mol. The lowest BCUT2D eigenvalue weighted by molar-refractivity contribution is 0.355. The second-order valence-corrected chi connectivity index (χ2v) is 6.62. The van der Waals surface area contributed by atoms with Gasteiger partial charge in [-0.1, -0.05) is 12.1 Å². The lowest BCUT2D eigenvalue weighted by atomic mass is 10.1. The van der Waals surface area contributed by atoms with Crippen molar-refractivity contribution in [1.29, 1.82) is 0 Å². The maximum Gasteiger partial charge on any atom is 0.181 e. The van der Waals surface area contributed by atoms with Gasteiger partial charge in [0, 0.05) is 11.6 Å². The highest BCUT2D eigenvalue weighted by Gasteiger charge is 2.16. The zero-order valence-electron chi connectivity index (χ0n) is 15.9. The maximum absolute atomic E-state index is 5.47. The molecule has 0 amide bonds. The molecule has 2 heterocycles. The minimum Gasteiger partial charge on any atom is -0.493 e. The molecular formula is C21H22N4O2. The van der Waals surface area contributed by atoms with Crippen LogP contribution in [0.4, 0.5) is 5.82 Å². The monoisotopic (exact) mass is 362 g/mol. The van der Waals surface area contributed by atoms with Crippen molar-refractivity contribution in [3.05, 3.63) is 48.7 Å². The van der Waals surface area contributed by atoms with E-state index in [9.17, 15) is 0 Å². The second kappa shape index (κ2) is 6.79. The summed E-state index contributed by atoms with van der Waals surface area (Å²) in [6.45, 7) is 4.18. The van der Waals surface area contributed by atoms with E-state index >= 15 is 0 Å². The molecule has 2 aromatic heterocycles. The Hall–Kier alpha value is -3.28. The maximum atomic E-state index is 5.47. The van der Waals surface area contributed by atoms with Gasteiger partial charge in [0.25, 0.3) is 0 Å². The molecule has 4 aromatic rings. The SMILES string of the molecule is COc1ccc(-c2cnc3c(NC(C)C)nc4ccccc4n23)cc1OC. The van der Waals surface area contributed by atoms with Gasteiger partial charge in [0.1, 0.15) is 0 Å². The Balaban J connectivity index is 2.01. The van der Waals surface area contributed by atoms with Crippen LogP contribution in [0.15, 0.2) is 48.7 Å². The van der Waals surface area contributed by atoms with Crippen LogP contribution in [0.3, 0.4) is 0 Å². The number of ether oxygens (including phenoxy) is 2. The molecule has 0 aliphatic rings. The summed E-state index contributed by atoms with van der Waals surface area (Å²) in [6, 6.07) is 14.2. The average Bonchev–Trinajstić information content (AvgIpc) is 3.13. The number of hydrogen-bond acceptors (Lipinski definition) is 5. The Morgan fingerprint density at radius 3 is 2.52 bits per heavy atom. The number of imidazole rings is 1. The number of nitrogens with zero attached hydrogens (tertiary/aromatic N) is 3. The van der Waals surface area contributed by atoms with Gasteiger partial charge in [-0.25, -0.2) is 9.97 Å². The van der Waals surface area contributed by atoms with E-state index in [1.165, 1.54) is 0 Å². The molecule has 6 nitrogen and oxygen atoms in total. The van der Waals surface area contributed by atoms with Crippen LogP contribution in [0.1, 0.15) is 13.8 Å². The molecule has 0 bridgehead atoms. The van der Waals surface area contributed by atoms with Crippen molar-refractivity contribution in [3.63, 3.8) is 0 Å². The van der Waals surface area contributed by atoms with Crippen molar-refractivity contribution in [3.8, 4) is 22.8 Å². The quantitative estimate of drug-likeness (QED) is 0.571. The van der Waals surface area contributed by atoms with Crippen LogP contribution >= 0.6 is 0 Å².